The minimum atomic E-state index is -0.520. The third-order valence-electron chi connectivity index (χ3n) is 3.78. The lowest BCUT2D eigenvalue weighted by atomic mass is 10.0. The van der Waals surface area contributed by atoms with Gasteiger partial charge in [-0.1, -0.05) is 30.3 Å². The van der Waals surface area contributed by atoms with Gasteiger partial charge in [0.15, 0.2) is 0 Å². The van der Waals surface area contributed by atoms with Gasteiger partial charge in [0.1, 0.15) is 18.1 Å². The maximum atomic E-state index is 11.4. The van der Waals surface area contributed by atoms with E-state index in [0.29, 0.717) is 17.9 Å². The van der Waals surface area contributed by atoms with Gasteiger partial charge in [-0.25, -0.2) is 4.79 Å². The first-order chi connectivity index (χ1) is 11.7. The zero-order chi connectivity index (χ0) is 16.9. The van der Waals surface area contributed by atoms with E-state index < -0.39 is 5.97 Å². The average molecular weight is 326 g/mol. The molecule has 0 spiro atoms. The van der Waals surface area contributed by atoms with Gasteiger partial charge >= 0.3 is 5.97 Å². The van der Waals surface area contributed by atoms with Gasteiger partial charge in [0.2, 0.25) is 5.76 Å². The maximum Gasteiger partial charge on any atom is 0.373 e. The van der Waals surface area contributed by atoms with Crippen molar-refractivity contribution >= 4 is 16.7 Å². The van der Waals surface area contributed by atoms with E-state index >= 15 is 0 Å². The Morgan fingerprint density at radius 2 is 1.96 bits per heavy atom. The van der Waals surface area contributed by atoms with Crippen molar-refractivity contribution in [2.45, 2.75) is 13.0 Å². The Hall–Kier alpha value is -2.79. The van der Waals surface area contributed by atoms with Crippen molar-refractivity contribution in [2.75, 3.05) is 13.7 Å². The number of aliphatic hydroxyl groups excluding tert-OH is 1. The summed E-state index contributed by atoms with van der Waals surface area (Å²) < 4.78 is 15.9. The summed E-state index contributed by atoms with van der Waals surface area (Å²) >= 11 is 0. The number of hydrogen-bond donors (Lipinski definition) is 1. The summed E-state index contributed by atoms with van der Waals surface area (Å²) in [5.74, 6) is 0.843. The van der Waals surface area contributed by atoms with Gasteiger partial charge in [-0.15, -0.1) is 0 Å². The molecule has 0 aliphatic rings. The van der Waals surface area contributed by atoms with E-state index in [1.807, 2.05) is 36.4 Å². The van der Waals surface area contributed by atoms with Crippen LogP contribution in [0.3, 0.4) is 0 Å². The Bertz CT molecular complexity index is 850. The number of fused-ring (bicyclic) bond motifs is 1. The zero-order valence-electron chi connectivity index (χ0n) is 13.3. The smallest absolute Gasteiger partial charge is 0.373 e. The molecule has 2 aromatic carbocycles. The number of furan rings is 1. The summed E-state index contributed by atoms with van der Waals surface area (Å²) in [5, 5.41) is 11.5. The van der Waals surface area contributed by atoms with Crippen molar-refractivity contribution < 1.29 is 23.8 Å². The first-order valence-corrected chi connectivity index (χ1v) is 7.64. The molecule has 1 N–H and O–H groups in total. The molecular formula is C19H18O5. The van der Waals surface area contributed by atoms with Crippen molar-refractivity contribution in [3.05, 3.63) is 65.6 Å². The highest BCUT2D eigenvalue weighted by molar-refractivity contribution is 5.88. The van der Waals surface area contributed by atoms with E-state index in [1.165, 1.54) is 7.11 Å². The number of rotatable bonds is 6. The van der Waals surface area contributed by atoms with Crippen molar-refractivity contribution in [3.8, 4) is 5.75 Å². The van der Waals surface area contributed by atoms with Crippen LogP contribution in [0, 0.1) is 0 Å². The molecule has 1 aromatic heterocycles. The predicted molar refractivity (Wildman–Crippen MR) is 89.1 cm³/mol. The SMILES string of the molecule is COC(=O)c1ccc(COc2ccc3ccccc3c2CCO)o1. The van der Waals surface area contributed by atoms with Crippen LogP contribution in [0.5, 0.6) is 5.75 Å². The van der Waals surface area contributed by atoms with Crippen LogP contribution in [0.4, 0.5) is 0 Å². The molecule has 0 saturated heterocycles. The fraction of sp³-hybridized carbons (Fsp3) is 0.211. The van der Waals surface area contributed by atoms with Gasteiger partial charge in [0.05, 0.1) is 7.11 Å². The Labute approximate surface area is 139 Å². The molecular weight excluding hydrogens is 308 g/mol. The fourth-order valence-corrected chi connectivity index (χ4v) is 2.64. The van der Waals surface area contributed by atoms with Crippen LogP contribution in [0.15, 0.2) is 52.9 Å². The monoisotopic (exact) mass is 326 g/mol. The Balaban J connectivity index is 1.83. The van der Waals surface area contributed by atoms with Crippen molar-refractivity contribution in [2.24, 2.45) is 0 Å². The molecule has 0 saturated carbocycles. The first kappa shape index (κ1) is 16.1. The molecule has 5 nitrogen and oxygen atoms in total. The summed E-state index contributed by atoms with van der Waals surface area (Å²) in [5.41, 5.74) is 0.954. The number of carbonyl (C=O) groups excluding carboxylic acids is 1. The van der Waals surface area contributed by atoms with Crippen LogP contribution in [0.2, 0.25) is 0 Å². The molecule has 0 amide bonds. The topological polar surface area (TPSA) is 68.9 Å². The second kappa shape index (κ2) is 7.19. The van der Waals surface area contributed by atoms with Gasteiger partial charge < -0.3 is 19.0 Å². The van der Waals surface area contributed by atoms with Gasteiger partial charge in [0, 0.05) is 12.2 Å². The van der Waals surface area contributed by atoms with Crippen LogP contribution in [-0.2, 0) is 17.8 Å². The van der Waals surface area contributed by atoms with E-state index in [-0.39, 0.29) is 19.0 Å². The highest BCUT2D eigenvalue weighted by Crippen LogP contribution is 2.29. The average Bonchev–Trinajstić information content (AvgIpc) is 3.09. The van der Waals surface area contributed by atoms with E-state index in [2.05, 4.69) is 4.74 Å². The van der Waals surface area contributed by atoms with Crippen LogP contribution in [0.1, 0.15) is 21.9 Å². The predicted octanol–water partition coefficient (Wildman–Crippen LogP) is 3.33. The Morgan fingerprint density at radius 3 is 2.75 bits per heavy atom. The summed E-state index contributed by atoms with van der Waals surface area (Å²) in [6, 6.07) is 15.1. The molecule has 1 heterocycles. The number of esters is 1. The van der Waals surface area contributed by atoms with Gasteiger partial charge in [-0.05, 0) is 35.4 Å². The molecule has 0 atom stereocenters. The minimum Gasteiger partial charge on any atom is -0.485 e. The fourth-order valence-electron chi connectivity index (χ4n) is 2.64. The van der Waals surface area contributed by atoms with E-state index in [0.717, 1.165) is 16.3 Å². The number of aliphatic hydroxyl groups is 1. The Morgan fingerprint density at radius 1 is 1.12 bits per heavy atom. The molecule has 0 aliphatic heterocycles. The number of hydrogen-bond acceptors (Lipinski definition) is 5. The van der Waals surface area contributed by atoms with Crippen molar-refractivity contribution in [1.82, 2.24) is 0 Å². The number of benzene rings is 2. The normalized spacial score (nSPS) is 10.8. The zero-order valence-corrected chi connectivity index (χ0v) is 13.3. The maximum absolute atomic E-state index is 11.4. The lowest BCUT2D eigenvalue weighted by molar-refractivity contribution is 0.0561. The molecule has 24 heavy (non-hydrogen) atoms. The second-order valence-electron chi connectivity index (χ2n) is 5.28. The summed E-state index contributed by atoms with van der Waals surface area (Å²) in [6.45, 7) is 0.228. The molecule has 0 unspecified atom stereocenters. The third kappa shape index (κ3) is 3.26. The van der Waals surface area contributed by atoms with E-state index in [9.17, 15) is 9.90 Å². The number of ether oxygens (including phenoxy) is 2. The first-order valence-electron chi connectivity index (χ1n) is 7.64. The lowest BCUT2D eigenvalue weighted by Gasteiger charge is -2.13. The largest absolute Gasteiger partial charge is 0.485 e. The molecule has 5 heteroatoms. The van der Waals surface area contributed by atoms with E-state index in [4.69, 9.17) is 9.15 Å². The van der Waals surface area contributed by atoms with E-state index in [1.54, 1.807) is 12.1 Å². The van der Waals surface area contributed by atoms with Crippen LogP contribution in [-0.4, -0.2) is 24.8 Å². The molecule has 3 rings (SSSR count). The van der Waals surface area contributed by atoms with Crippen molar-refractivity contribution in [3.63, 3.8) is 0 Å². The van der Waals surface area contributed by atoms with Crippen LogP contribution >= 0.6 is 0 Å². The molecule has 0 bridgehead atoms. The quantitative estimate of drug-likeness (QED) is 0.704. The minimum absolute atomic E-state index is 0.0393. The summed E-state index contributed by atoms with van der Waals surface area (Å²) in [7, 11) is 1.30. The summed E-state index contributed by atoms with van der Waals surface area (Å²) in [6.07, 6.45) is 0.502. The molecule has 3 aromatic rings. The third-order valence-corrected chi connectivity index (χ3v) is 3.78. The highest BCUT2D eigenvalue weighted by atomic mass is 16.5. The molecule has 0 fully saturated rings. The standard InChI is InChI=1S/C19H18O5/c1-22-19(21)18-9-7-14(24-18)12-23-17-8-6-13-4-2-3-5-15(13)16(17)10-11-20/h2-9,20H,10-12H2,1H3. The Kier molecular flexibility index (Phi) is 4.82. The summed E-state index contributed by atoms with van der Waals surface area (Å²) in [4.78, 5) is 11.4. The molecule has 124 valence electrons. The number of carbonyl (C=O) groups is 1. The second-order valence-corrected chi connectivity index (χ2v) is 5.28. The van der Waals surface area contributed by atoms with Gasteiger partial charge in [-0.3, -0.25) is 0 Å². The molecule has 0 aliphatic carbocycles. The van der Waals surface area contributed by atoms with Crippen LogP contribution in [0.25, 0.3) is 10.8 Å². The van der Waals surface area contributed by atoms with Crippen LogP contribution < -0.4 is 4.74 Å². The molecule has 0 radical (unpaired) electrons. The highest BCUT2D eigenvalue weighted by Gasteiger charge is 2.13. The van der Waals surface area contributed by atoms with Gasteiger partial charge in [0.25, 0.3) is 0 Å². The van der Waals surface area contributed by atoms with Crippen molar-refractivity contribution in [1.29, 1.82) is 0 Å². The lowest BCUT2D eigenvalue weighted by Crippen LogP contribution is -2.01. The number of methoxy groups -OCH3 is 1. The van der Waals surface area contributed by atoms with Gasteiger partial charge in [-0.2, -0.15) is 0 Å².